The van der Waals surface area contributed by atoms with E-state index in [2.05, 4.69) is 0 Å². The molecule has 4 heteroatoms. The van der Waals surface area contributed by atoms with Gasteiger partial charge in [0.25, 0.3) is 0 Å². The number of ether oxygens (including phenoxy) is 1. The van der Waals surface area contributed by atoms with Crippen LogP contribution in [-0.4, -0.2) is 22.3 Å². The summed E-state index contributed by atoms with van der Waals surface area (Å²) in [6.07, 6.45) is 4.13. The van der Waals surface area contributed by atoms with Crippen molar-refractivity contribution in [1.29, 1.82) is 0 Å². The minimum absolute atomic E-state index is 0.241. The first-order chi connectivity index (χ1) is 6.93. The van der Waals surface area contributed by atoms with E-state index in [-0.39, 0.29) is 5.57 Å². The first-order valence-electron chi connectivity index (χ1n) is 4.52. The summed E-state index contributed by atoms with van der Waals surface area (Å²) >= 11 is 0. The third-order valence-electron chi connectivity index (χ3n) is 2.49. The highest BCUT2D eigenvalue weighted by Crippen LogP contribution is 2.30. The van der Waals surface area contributed by atoms with Crippen LogP contribution < -0.4 is 0 Å². The minimum Gasteiger partial charge on any atom is -0.469 e. The van der Waals surface area contributed by atoms with Crippen molar-refractivity contribution in [2.24, 2.45) is 0 Å². The average Bonchev–Trinajstić information content (AvgIpc) is 2.15. The van der Waals surface area contributed by atoms with Gasteiger partial charge in [-0.25, -0.2) is 0 Å². The van der Waals surface area contributed by atoms with Crippen molar-refractivity contribution in [3.63, 3.8) is 0 Å². The molecule has 1 heterocycles. The number of carbonyl (C=O) groups is 2. The second kappa shape index (κ2) is 2.90. The van der Waals surface area contributed by atoms with E-state index in [9.17, 15) is 14.7 Å². The molecule has 0 fully saturated rings. The van der Waals surface area contributed by atoms with Gasteiger partial charge in [0, 0.05) is 0 Å². The SMILES string of the molecule is CC1=CC2=CC(=O)[C@](C)(O)C(=O)C2=CO1. The molecule has 0 saturated carbocycles. The van der Waals surface area contributed by atoms with E-state index in [1.54, 1.807) is 13.0 Å². The summed E-state index contributed by atoms with van der Waals surface area (Å²) in [5, 5.41) is 9.66. The Balaban J connectivity index is 2.56. The normalized spacial score (nSPS) is 29.9. The van der Waals surface area contributed by atoms with E-state index < -0.39 is 17.2 Å². The fourth-order valence-corrected chi connectivity index (χ4v) is 1.51. The molecule has 1 aliphatic carbocycles. The molecule has 78 valence electrons. The smallest absolute Gasteiger partial charge is 0.205 e. The van der Waals surface area contributed by atoms with Crippen molar-refractivity contribution < 1.29 is 19.4 Å². The highest BCUT2D eigenvalue weighted by Gasteiger charge is 2.44. The summed E-state index contributed by atoms with van der Waals surface area (Å²) in [5.74, 6) is -0.605. The van der Waals surface area contributed by atoms with Crippen molar-refractivity contribution in [2.45, 2.75) is 19.4 Å². The molecular formula is C11H10O4. The van der Waals surface area contributed by atoms with Gasteiger partial charge in [0.2, 0.25) is 5.78 Å². The zero-order valence-corrected chi connectivity index (χ0v) is 8.40. The maximum atomic E-state index is 11.7. The topological polar surface area (TPSA) is 63.6 Å². The third-order valence-corrected chi connectivity index (χ3v) is 2.49. The van der Waals surface area contributed by atoms with Crippen molar-refractivity contribution in [3.05, 3.63) is 35.3 Å². The van der Waals surface area contributed by atoms with Crippen LogP contribution in [0.2, 0.25) is 0 Å². The molecule has 1 atom stereocenters. The summed E-state index contributed by atoms with van der Waals surface area (Å²) in [6.45, 7) is 2.91. The van der Waals surface area contributed by atoms with Crippen LogP contribution in [0.4, 0.5) is 0 Å². The second-order valence-electron chi connectivity index (χ2n) is 3.77. The number of Topliss-reactive ketones (excluding diaryl/α,β-unsaturated/α-hetero) is 1. The Kier molecular flexibility index (Phi) is 1.91. The molecule has 1 N–H and O–H groups in total. The summed E-state index contributed by atoms with van der Waals surface area (Å²) in [7, 11) is 0. The van der Waals surface area contributed by atoms with Gasteiger partial charge in [-0.2, -0.15) is 0 Å². The van der Waals surface area contributed by atoms with Crippen LogP contribution in [-0.2, 0) is 14.3 Å². The van der Waals surface area contributed by atoms with Gasteiger partial charge in [-0.3, -0.25) is 9.59 Å². The largest absolute Gasteiger partial charge is 0.469 e. The first kappa shape index (κ1) is 9.86. The van der Waals surface area contributed by atoms with Gasteiger partial charge in [0.15, 0.2) is 11.4 Å². The number of carbonyl (C=O) groups excluding carboxylic acids is 2. The average molecular weight is 206 g/mol. The Labute approximate surface area is 86.5 Å². The predicted octanol–water partition coefficient (Wildman–Crippen LogP) is 0.633. The lowest BCUT2D eigenvalue weighted by Gasteiger charge is -2.27. The molecule has 0 saturated heterocycles. The lowest BCUT2D eigenvalue weighted by molar-refractivity contribution is -0.144. The quantitative estimate of drug-likeness (QED) is 0.590. The molecule has 0 aromatic carbocycles. The van der Waals surface area contributed by atoms with E-state index in [4.69, 9.17) is 4.74 Å². The summed E-state index contributed by atoms with van der Waals surface area (Å²) in [5.41, 5.74) is -1.22. The van der Waals surface area contributed by atoms with Crippen molar-refractivity contribution in [2.75, 3.05) is 0 Å². The van der Waals surface area contributed by atoms with Crippen molar-refractivity contribution in [3.8, 4) is 0 Å². The summed E-state index contributed by atoms with van der Waals surface area (Å²) < 4.78 is 5.06. The van der Waals surface area contributed by atoms with Crippen LogP contribution in [0.5, 0.6) is 0 Å². The molecule has 2 aliphatic rings. The van der Waals surface area contributed by atoms with Crippen LogP contribution in [0.1, 0.15) is 13.8 Å². The molecule has 1 aliphatic heterocycles. The second-order valence-corrected chi connectivity index (χ2v) is 3.77. The number of hydrogen-bond acceptors (Lipinski definition) is 4. The number of allylic oxidation sites excluding steroid dienone is 3. The maximum absolute atomic E-state index is 11.7. The molecule has 0 spiro atoms. The van der Waals surface area contributed by atoms with E-state index >= 15 is 0 Å². The zero-order valence-electron chi connectivity index (χ0n) is 8.40. The van der Waals surface area contributed by atoms with E-state index in [1.165, 1.54) is 19.3 Å². The van der Waals surface area contributed by atoms with Crippen LogP contribution in [0.25, 0.3) is 0 Å². The highest BCUT2D eigenvalue weighted by molar-refractivity contribution is 6.25. The number of aliphatic hydroxyl groups is 1. The van der Waals surface area contributed by atoms with Gasteiger partial charge >= 0.3 is 0 Å². The van der Waals surface area contributed by atoms with Crippen molar-refractivity contribution >= 4 is 11.6 Å². The van der Waals surface area contributed by atoms with Crippen LogP contribution >= 0.6 is 0 Å². The number of rotatable bonds is 0. The molecule has 2 rings (SSSR count). The Bertz CT molecular complexity index is 449. The van der Waals surface area contributed by atoms with Gasteiger partial charge in [0.05, 0.1) is 5.57 Å². The number of ketones is 2. The Morgan fingerprint density at radius 2 is 2.00 bits per heavy atom. The molecule has 0 amide bonds. The molecule has 0 aromatic heterocycles. The third kappa shape index (κ3) is 1.34. The standard InChI is InChI=1S/C11H10O4/c1-6-3-7-4-9(12)11(2,14)10(13)8(7)5-15-6/h3-5,14H,1-2H3/t11-/m0/s1. The van der Waals surface area contributed by atoms with Gasteiger partial charge in [-0.15, -0.1) is 0 Å². The molecule has 4 nitrogen and oxygen atoms in total. The maximum Gasteiger partial charge on any atom is 0.205 e. The van der Waals surface area contributed by atoms with E-state index in [0.717, 1.165) is 0 Å². The lowest BCUT2D eigenvalue weighted by atomic mass is 9.81. The number of fused-ring (bicyclic) bond motifs is 1. The molecule has 0 radical (unpaired) electrons. The van der Waals surface area contributed by atoms with Gasteiger partial charge in [-0.05, 0) is 31.6 Å². The Hall–Kier alpha value is -1.68. The fourth-order valence-electron chi connectivity index (χ4n) is 1.51. The minimum atomic E-state index is -1.96. The zero-order chi connectivity index (χ0) is 11.2. The molecule has 0 bridgehead atoms. The monoisotopic (exact) mass is 206 g/mol. The van der Waals surface area contributed by atoms with Gasteiger partial charge < -0.3 is 9.84 Å². The lowest BCUT2D eigenvalue weighted by Crippen LogP contribution is -2.46. The molecule has 0 unspecified atom stereocenters. The van der Waals surface area contributed by atoms with E-state index in [0.29, 0.717) is 11.3 Å². The van der Waals surface area contributed by atoms with Crippen molar-refractivity contribution in [1.82, 2.24) is 0 Å². The number of hydrogen-bond donors (Lipinski definition) is 1. The molecule has 0 aromatic rings. The predicted molar refractivity (Wildman–Crippen MR) is 51.6 cm³/mol. The Morgan fingerprint density at radius 1 is 1.33 bits per heavy atom. The fraction of sp³-hybridized carbons (Fsp3) is 0.273. The van der Waals surface area contributed by atoms with Gasteiger partial charge in [0.1, 0.15) is 12.0 Å². The van der Waals surface area contributed by atoms with Crippen LogP contribution in [0, 0.1) is 0 Å². The van der Waals surface area contributed by atoms with E-state index in [1.807, 2.05) is 0 Å². The highest BCUT2D eigenvalue weighted by atomic mass is 16.5. The first-order valence-corrected chi connectivity index (χ1v) is 4.52. The summed E-state index contributed by atoms with van der Waals surface area (Å²) in [4.78, 5) is 23.2. The van der Waals surface area contributed by atoms with Crippen LogP contribution in [0.3, 0.4) is 0 Å². The molecular weight excluding hydrogens is 196 g/mol. The molecule has 15 heavy (non-hydrogen) atoms. The Morgan fingerprint density at radius 3 is 2.67 bits per heavy atom. The van der Waals surface area contributed by atoms with Gasteiger partial charge in [-0.1, -0.05) is 0 Å². The van der Waals surface area contributed by atoms with Crippen LogP contribution in [0.15, 0.2) is 35.3 Å². The summed E-state index contributed by atoms with van der Waals surface area (Å²) in [6, 6.07) is 0.